The van der Waals surface area contributed by atoms with Crippen molar-refractivity contribution in [3.8, 4) is 0 Å². The number of carbonyl (C=O) groups excluding carboxylic acids is 5. The standard InChI is InChI=1S/C22H26N2O6/c1-2-5-19(26)23-15-10-8-14(9-11-15)18(25)13-30-20(27)12-24-21(28)16-6-3-4-7-17(16)22(24)29/h8-11,16-17H,2-7,12-13H2,1H3,(H,23,26)/t16-,17+. The fourth-order valence-corrected chi connectivity index (χ4v) is 3.98. The molecule has 1 saturated carbocycles. The first-order chi connectivity index (χ1) is 14.4. The van der Waals surface area contributed by atoms with Gasteiger partial charge in [0.25, 0.3) is 0 Å². The number of fused-ring (bicyclic) bond motifs is 1. The molecule has 0 unspecified atom stereocenters. The molecule has 1 aliphatic heterocycles. The van der Waals surface area contributed by atoms with Crippen LogP contribution in [0.15, 0.2) is 24.3 Å². The van der Waals surface area contributed by atoms with Gasteiger partial charge >= 0.3 is 5.97 Å². The summed E-state index contributed by atoms with van der Waals surface area (Å²) in [7, 11) is 0. The highest BCUT2D eigenvalue weighted by Gasteiger charge is 2.48. The zero-order valence-electron chi connectivity index (χ0n) is 17.0. The van der Waals surface area contributed by atoms with E-state index in [0.717, 1.165) is 24.2 Å². The molecule has 0 radical (unpaired) electrons. The largest absolute Gasteiger partial charge is 0.456 e. The summed E-state index contributed by atoms with van der Waals surface area (Å²) in [5.41, 5.74) is 0.908. The van der Waals surface area contributed by atoms with Crippen molar-refractivity contribution < 1.29 is 28.7 Å². The molecule has 3 rings (SSSR count). The number of nitrogens with one attached hydrogen (secondary N) is 1. The minimum Gasteiger partial charge on any atom is -0.456 e. The van der Waals surface area contributed by atoms with E-state index in [1.807, 2.05) is 6.92 Å². The highest BCUT2D eigenvalue weighted by atomic mass is 16.5. The molecule has 2 aliphatic rings. The predicted molar refractivity (Wildman–Crippen MR) is 107 cm³/mol. The van der Waals surface area contributed by atoms with Gasteiger partial charge in [-0.25, -0.2) is 0 Å². The number of ether oxygens (including phenoxy) is 1. The van der Waals surface area contributed by atoms with E-state index >= 15 is 0 Å². The lowest BCUT2D eigenvalue weighted by atomic mass is 9.81. The molecule has 0 spiro atoms. The number of imide groups is 1. The van der Waals surface area contributed by atoms with Gasteiger partial charge in [-0.15, -0.1) is 0 Å². The van der Waals surface area contributed by atoms with Crippen LogP contribution in [0.4, 0.5) is 5.69 Å². The van der Waals surface area contributed by atoms with Gasteiger partial charge in [0, 0.05) is 17.7 Å². The van der Waals surface area contributed by atoms with Crippen LogP contribution >= 0.6 is 0 Å². The number of Topliss-reactive ketones (excluding diaryl/α,β-unsaturated/α-hetero) is 1. The zero-order valence-corrected chi connectivity index (χ0v) is 17.0. The monoisotopic (exact) mass is 414 g/mol. The fraction of sp³-hybridized carbons (Fsp3) is 0.500. The van der Waals surface area contributed by atoms with E-state index in [1.165, 1.54) is 12.1 Å². The number of ketones is 1. The van der Waals surface area contributed by atoms with E-state index in [9.17, 15) is 24.0 Å². The van der Waals surface area contributed by atoms with Crippen molar-refractivity contribution in [2.75, 3.05) is 18.5 Å². The first-order valence-corrected chi connectivity index (χ1v) is 10.3. The lowest BCUT2D eigenvalue weighted by molar-refractivity contribution is -0.152. The van der Waals surface area contributed by atoms with Crippen LogP contribution in [0, 0.1) is 11.8 Å². The number of hydrogen-bond acceptors (Lipinski definition) is 6. The maximum absolute atomic E-state index is 12.4. The third-order valence-electron chi connectivity index (χ3n) is 5.55. The normalized spacial score (nSPS) is 20.6. The molecule has 1 aromatic rings. The fourth-order valence-electron chi connectivity index (χ4n) is 3.98. The van der Waals surface area contributed by atoms with Gasteiger partial charge in [-0.3, -0.25) is 28.9 Å². The average Bonchev–Trinajstić information content (AvgIpc) is 2.98. The van der Waals surface area contributed by atoms with Crippen LogP contribution in [0.1, 0.15) is 55.8 Å². The Morgan fingerprint density at radius 1 is 1.03 bits per heavy atom. The van der Waals surface area contributed by atoms with Crippen LogP contribution in [-0.4, -0.2) is 47.5 Å². The van der Waals surface area contributed by atoms with Gasteiger partial charge in [-0.05, 0) is 43.5 Å². The van der Waals surface area contributed by atoms with E-state index in [-0.39, 0.29) is 29.6 Å². The maximum atomic E-state index is 12.4. The third-order valence-corrected chi connectivity index (χ3v) is 5.55. The SMILES string of the molecule is CCCC(=O)Nc1ccc(C(=O)COC(=O)CN2C(=O)[C@H]3CCCC[C@H]3C2=O)cc1. The van der Waals surface area contributed by atoms with Crippen LogP contribution in [0.3, 0.4) is 0 Å². The lowest BCUT2D eigenvalue weighted by Gasteiger charge is -2.19. The maximum Gasteiger partial charge on any atom is 0.326 e. The number of benzene rings is 1. The summed E-state index contributed by atoms with van der Waals surface area (Å²) in [5, 5.41) is 2.72. The third kappa shape index (κ3) is 4.93. The van der Waals surface area contributed by atoms with Gasteiger partial charge in [0.1, 0.15) is 6.54 Å². The Bertz CT molecular complexity index is 824. The number of hydrogen-bond donors (Lipinski definition) is 1. The van der Waals surface area contributed by atoms with E-state index < -0.39 is 24.9 Å². The first kappa shape index (κ1) is 21.7. The van der Waals surface area contributed by atoms with Crippen LogP contribution in [0.5, 0.6) is 0 Å². The summed E-state index contributed by atoms with van der Waals surface area (Å²) >= 11 is 0. The van der Waals surface area contributed by atoms with Gasteiger partial charge in [-0.2, -0.15) is 0 Å². The molecule has 160 valence electrons. The van der Waals surface area contributed by atoms with Gasteiger partial charge < -0.3 is 10.1 Å². The predicted octanol–water partition coefficient (Wildman–Crippen LogP) is 2.33. The van der Waals surface area contributed by atoms with Crippen LogP contribution in [0.25, 0.3) is 0 Å². The molecular formula is C22H26N2O6. The van der Waals surface area contributed by atoms with Crippen molar-refractivity contribution in [3.05, 3.63) is 29.8 Å². The zero-order chi connectivity index (χ0) is 21.7. The molecule has 2 fully saturated rings. The molecular weight excluding hydrogens is 388 g/mol. The Kier molecular flexibility index (Phi) is 6.97. The van der Waals surface area contributed by atoms with E-state index in [4.69, 9.17) is 4.74 Å². The van der Waals surface area contributed by atoms with Crippen molar-refractivity contribution in [1.82, 2.24) is 4.90 Å². The van der Waals surface area contributed by atoms with Crippen molar-refractivity contribution in [2.24, 2.45) is 11.8 Å². The Hall–Kier alpha value is -3.03. The van der Waals surface area contributed by atoms with E-state index in [2.05, 4.69) is 5.32 Å². The molecule has 30 heavy (non-hydrogen) atoms. The number of likely N-dealkylation sites (tertiary alicyclic amines) is 1. The van der Waals surface area contributed by atoms with E-state index in [1.54, 1.807) is 12.1 Å². The van der Waals surface area contributed by atoms with Crippen LogP contribution < -0.4 is 5.32 Å². The number of nitrogens with zero attached hydrogens (tertiary/aromatic N) is 1. The summed E-state index contributed by atoms with van der Waals surface area (Å²) in [6, 6.07) is 6.28. The topological polar surface area (TPSA) is 110 Å². The summed E-state index contributed by atoms with van der Waals surface area (Å²) in [6.45, 7) is 0.967. The first-order valence-electron chi connectivity index (χ1n) is 10.3. The number of rotatable bonds is 8. The van der Waals surface area contributed by atoms with Crippen molar-refractivity contribution in [2.45, 2.75) is 45.4 Å². The number of esters is 1. The molecule has 2 atom stereocenters. The van der Waals surface area contributed by atoms with Crippen molar-refractivity contribution in [1.29, 1.82) is 0 Å². The highest BCUT2D eigenvalue weighted by Crippen LogP contribution is 2.37. The molecule has 1 heterocycles. The highest BCUT2D eigenvalue weighted by molar-refractivity contribution is 6.07. The minimum absolute atomic E-state index is 0.101. The number of amides is 3. The molecule has 1 aromatic carbocycles. The van der Waals surface area contributed by atoms with Crippen molar-refractivity contribution in [3.63, 3.8) is 0 Å². The molecule has 3 amide bonds. The molecule has 1 aliphatic carbocycles. The summed E-state index contributed by atoms with van der Waals surface area (Å²) in [5.74, 6) is -2.57. The van der Waals surface area contributed by atoms with Crippen molar-refractivity contribution >= 4 is 35.2 Å². The second-order valence-electron chi connectivity index (χ2n) is 7.72. The number of anilines is 1. The average molecular weight is 414 g/mol. The van der Waals surface area contributed by atoms with Gasteiger partial charge in [0.2, 0.25) is 17.7 Å². The summed E-state index contributed by atoms with van der Waals surface area (Å²) in [4.78, 5) is 61.7. The Labute approximate surface area is 174 Å². The summed E-state index contributed by atoms with van der Waals surface area (Å²) in [6.07, 6.45) is 4.33. The van der Waals surface area contributed by atoms with Gasteiger partial charge in [-0.1, -0.05) is 19.8 Å². The minimum atomic E-state index is -0.785. The lowest BCUT2D eigenvalue weighted by Crippen LogP contribution is -2.37. The Morgan fingerprint density at radius 3 is 2.20 bits per heavy atom. The van der Waals surface area contributed by atoms with Gasteiger partial charge in [0.05, 0.1) is 11.8 Å². The molecule has 1 N–H and O–H groups in total. The second kappa shape index (κ2) is 9.65. The molecule has 0 bridgehead atoms. The Balaban J connectivity index is 1.48. The van der Waals surface area contributed by atoms with Gasteiger partial charge in [0.15, 0.2) is 12.4 Å². The molecule has 8 nitrogen and oxygen atoms in total. The quantitative estimate of drug-likeness (QED) is 0.397. The molecule has 1 saturated heterocycles. The smallest absolute Gasteiger partial charge is 0.326 e. The molecule has 8 heteroatoms. The summed E-state index contributed by atoms with van der Waals surface area (Å²) < 4.78 is 4.99. The van der Waals surface area contributed by atoms with Crippen LogP contribution in [0.2, 0.25) is 0 Å². The van der Waals surface area contributed by atoms with Crippen LogP contribution in [-0.2, 0) is 23.9 Å². The number of carbonyl (C=O) groups is 5. The molecule has 0 aromatic heterocycles. The second-order valence-corrected chi connectivity index (χ2v) is 7.72. The van der Waals surface area contributed by atoms with E-state index in [0.29, 0.717) is 30.5 Å². The Morgan fingerprint density at radius 2 is 1.63 bits per heavy atom.